The Morgan fingerprint density at radius 3 is 2.47 bits per heavy atom. The Kier molecular flexibility index (Phi) is 4.57. The minimum absolute atomic E-state index is 0.0538. The van der Waals surface area contributed by atoms with Crippen molar-refractivity contribution in [2.45, 2.75) is 6.92 Å². The molecule has 0 fully saturated rings. The molecule has 1 aromatic rings. The van der Waals surface area contributed by atoms with Crippen LogP contribution in [0.15, 0.2) is 18.2 Å². The van der Waals surface area contributed by atoms with E-state index in [9.17, 15) is 25.0 Å². The van der Waals surface area contributed by atoms with Crippen LogP contribution in [-0.2, 0) is 0 Å². The zero-order chi connectivity index (χ0) is 14.4. The monoisotopic (exact) mass is 269 g/mol. The number of urea groups is 1. The standard InChI is InChI=1S/C9H11N5O5/c1-2-10-9(15)12-11-7-4-3-6(13(16)17)5-8(7)14(18)19/h3-5,11H,2H2,1H3,(H2,10,12,15). The maximum Gasteiger partial charge on any atom is 0.333 e. The summed E-state index contributed by atoms with van der Waals surface area (Å²) in [5.74, 6) is 0. The fraction of sp³-hybridized carbons (Fsp3) is 0.222. The molecule has 19 heavy (non-hydrogen) atoms. The lowest BCUT2D eigenvalue weighted by Crippen LogP contribution is -2.38. The first kappa shape index (κ1) is 14.2. The molecule has 10 nitrogen and oxygen atoms in total. The van der Waals surface area contributed by atoms with Gasteiger partial charge in [0.1, 0.15) is 5.69 Å². The minimum Gasteiger partial charge on any atom is -0.337 e. The zero-order valence-electron chi connectivity index (χ0n) is 9.87. The van der Waals surface area contributed by atoms with Gasteiger partial charge < -0.3 is 5.32 Å². The quantitative estimate of drug-likeness (QED) is 0.541. The third kappa shape index (κ3) is 3.80. The molecular weight excluding hydrogens is 258 g/mol. The van der Waals surface area contributed by atoms with Crippen molar-refractivity contribution in [2.75, 3.05) is 12.0 Å². The number of non-ortho nitro benzene ring substituents is 1. The zero-order valence-corrected chi connectivity index (χ0v) is 9.87. The minimum atomic E-state index is -0.783. The highest BCUT2D eigenvalue weighted by molar-refractivity contribution is 5.77. The molecule has 0 radical (unpaired) electrons. The van der Waals surface area contributed by atoms with Gasteiger partial charge in [0.15, 0.2) is 0 Å². The van der Waals surface area contributed by atoms with E-state index < -0.39 is 27.3 Å². The van der Waals surface area contributed by atoms with Gasteiger partial charge in [0.25, 0.3) is 5.69 Å². The van der Waals surface area contributed by atoms with E-state index >= 15 is 0 Å². The summed E-state index contributed by atoms with van der Waals surface area (Å²) in [6, 6.07) is 2.47. The average Bonchev–Trinajstić information content (AvgIpc) is 2.36. The molecule has 0 heterocycles. The normalized spacial score (nSPS) is 9.53. The Bertz CT molecular complexity index is 518. The summed E-state index contributed by atoms with van der Waals surface area (Å²) in [7, 11) is 0. The third-order valence-corrected chi connectivity index (χ3v) is 2.04. The summed E-state index contributed by atoms with van der Waals surface area (Å²) in [5.41, 5.74) is 3.52. The number of carbonyl (C=O) groups excluding carboxylic acids is 1. The number of carbonyl (C=O) groups is 1. The SMILES string of the molecule is CCNC(=O)NNc1ccc([N+](=O)[O-])cc1[N+](=O)[O-]. The molecule has 0 spiro atoms. The highest BCUT2D eigenvalue weighted by atomic mass is 16.6. The maximum atomic E-state index is 11.1. The molecule has 0 aliphatic heterocycles. The largest absolute Gasteiger partial charge is 0.337 e. The molecule has 0 unspecified atom stereocenters. The fourth-order valence-electron chi connectivity index (χ4n) is 1.22. The molecule has 0 saturated heterocycles. The van der Waals surface area contributed by atoms with Crippen molar-refractivity contribution in [2.24, 2.45) is 0 Å². The van der Waals surface area contributed by atoms with Gasteiger partial charge in [0.05, 0.1) is 15.9 Å². The van der Waals surface area contributed by atoms with Crippen LogP contribution in [0.4, 0.5) is 21.9 Å². The number of amides is 2. The highest BCUT2D eigenvalue weighted by Crippen LogP contribution is 2.28. The van der Waals surface area contributed by atoms with E-state index in [-0.39, 0.29) is 5.69 Å². The molecule has 3 N–H and O–H groups in total. The average molecular weight is 269 g/mol. The Balaban J connectivity index is 2.91. The van der Waals surface area contributed by atoms with E-state index in [0.717, 1.165) is 18.2 Å². The molecule has 0 aromatic heterocycles. The van der Waals surface area contributed by atoms with Crippen LogP contribution in [0, 0.1) is 20.2 Å². The first-order chi connectivity index (χ1) is 8.95. The van der Waals surface area contributed by atoms with Crippen molar-refractivity contribution in [3.05, 3.63) is 38.4 Å². The van der Waals surface area contributed by atoms with Gasteiger partial charge in [0.2, 0.25) is 0 Å². The number of nitrogens with one attached hydrogen (secondary N) is 3. The Labute approximate surface area is 107 Å². The number of nitrogens with zero attached hydrogens (tertiary/aromatic N) is 2. The number of nitro groups is 2. The Hall–Kier alpha value is -2.91. The summed E-state index contributed by atoms with van der Waals surface area (Å²) in [6.45, 7) is 2.09. The molecule has 10 heteroatoms. The number of nitro benzene ring substituents is 2. The summed E-state index contributed by atoms with van der Waals surface area (Å²) < 4.78 is 0. The van der Waals surface area contributed by atoms with Crippen LogP contribution in [-0.4, -0.2) is 22.4 Å². The smallest absolute Gasteiger partial charge is 0.333 e. The van der Waals surface area contributed by atoms with Crippen molar-refractivity contribution in [1.29, 1.82) is 0 Å². The van der Waals surface area contributed by atoms with Crippen LogP contribution in [0.3, 0.4) is 0 Å². The Morgan fingerprint density at radius 2 is 1.95 bits per heavy atom. The number of benzene rings is 1. The predicted molar refractivity (Wildman–Crippen MR) is 65.6 cm³/mol. The molecular formula is C9H11N5O5. The summed E-state index contributed by atoms with van der Waals surface area (Å²) >= 11 is 0. The van der Waals surface area contributed by atoms with Crippen LogP contribution in [0.2, 0.25) is 0 Å². The predicted octanol–water partition coefficient (Wildman–Crippen LogP) is 1.15. The van der Waals surface area contributed by atoms with Crippen LogP contribution in [0.1, 0.15) is 6.92 Å². The fourth-order valence-corrected chi connectivity index (χ4v) is 1.22. The van der Waals surface area contributed by atoms with Crippen molar-refractivity contribution in [1.82, 2.24) is 10.7 Å². The van der Waals surface area contributed by atoms with Gasteiger partial charge in [-0.2, -0.15) is 0 Å². The van der Waals surface area contributed by atoms with Crippen LogP contribution in [0.5, 0.6) is 0 Å². The topological polar surface area (TPSA) is 139 Å². The van der Waals surface area contributed by atoms with Gasteiger partial charge in [-0.1, -0.05) is 0 Å². The second-order valence-corrected chi connectivity index (χ2v) is 3.33. The highest BCUT2D eigenvalue weighted by Gasteiger charge is 2.19. The molecule has 0 bridgehead atoms. The molecule has 0 aliphatic rings. The van der Waals surface area contributed by atoms with Gasteiger partial charge in [-0.05, 0) is 13.0 Å². The van der Waals surface area contributed by atoms with Crippen molar-refractivity contribution in [3.63, 3.8) is 0 Å². The lowest BCUT2D eigenvalue weighted by molar-refractivity contribution is -0.393. The van der Waals surface area contributed by atoms with Gasteiger partial charge in [0, 0.05) is 12.6 Å². The summed E-state index contributed by atoms with van der Waals surface area (Å²) in [5, 5.41) is 23.7. The molecule has 2 amide bonds. The number of rotatable bonds is 5. The molecule has 0 aliphatic carbocycles. The van der Waals surface area contributed by atoms with Crippen LogP contribution in [0.25, 0.3) is 0 Å². The second kappa shape index (κ2) is 6.14. The van der Waals surface area contributed by atoms with Crippen molar-refractivity contribution < 1.29 is 14.6 Å². The lowest BCUT2D eigenvalue weighted by Gasteiger charge is -2.08. The molecule has 1 aromatic carbocycles. The van der Waals surface area contributed by atoms with Crippen molar-refractivity contribution >= 4 is 23.1 Å². The van der Waals surface area contributed by atoms with Gasteiger partial charge in [-0.25, -0.2) is 4.79 Å². The van der Waals surface area contributed by atoms with E-state index in [4.69, 9.17) is 0 Å². The number of hydrogen-bond acceptors (Lipinski definition) is 6. The first-order valence-corrected chi connectivity index (χ1v) is 5.18. The van der Waals surface area contributed by atoms with Gasteiger partial charge in [-0.3, -0.25) is 31.1 Å². The number of hydrogen-bond donors (Lipinski definition) is 3. The van der Waals surface area contributed by atoms with Gasteiger partial charge in [-0.15, -0.1) is 0 Å². The van der Waals surface area contributed by atoms with E-state index in [1.165, 1.54) is 0 Å². The second-order valence-electron chi connectivity index (χ2n) is 3.33. The van der Waals surface area contributed by atoms with Crippen LogP contribution < -0.4 is 16.2 Å². The third-order valence-electron chi connectivity index (χ3n) is 2.04. The maximum absolute atomic E-state index is 11.1. The molecule has 102 valence electrons. The Morgan fingerprint density at radius 1 is 1.26 bits per heavy atom. The van der Waals surface area contributed by atoms with Gasteiger partial charge >= 0.3 is 11.7 Å². The van der Waals surface area contributed by atoms with Crippen LogP contribution >= 0.6 is 0 Å². The van der Waals surface area contributed by atoms with Crippen molar-refractivity contribution in [3.8, 4) is 0 Å². The van der Waals surface area contributed by atoms with E-state index in [1.807, 2.05) is 0 Å². The van der Waals surface area contributed by atoms with E-state index in [0.29, 0.717) is 6.54 Å². The molecule has 0 atom stereocenters. The molecule has 0 saturated carbocycles. The summed E-state index contributed by atoms with van der Waals surface area (Å²) in [6.07, 6.45) is 0. The van der Waals surface area contributed by atoms with E-state index in [1.54, 1.807) is 6.92 Å². The summed E-state index contributed by atoms with van der Waals surface area (Å²) in [4.78, 5) is 30.9. The first-order valence-electron chi connectivity index (χ1n) is 5.18. The number of anilines is 1. The number of hydrazine groups is 1. The lowest BCUT2D eigenvalue weighted by atomic mass is 10.2. The van der Waals surface area contributed by atoms with E-state index in [2.05, 4.69) is 16.2 Å². The molecule has 1 rings (SSSR count).